The summed E-state index contributed by atoms with van der Waals surface area (Å²) in [5, 5.41) is 6.02. The van der Waals surface area contributed by atoms with Gasteiger partial charge in [-0.05, 0) is 67.6 Å². The standard InChI is InChI=1S/C25H28FN5O/c1-3-30-12-14-31(15-13-30)21-9-10-23(18(2)16-21)29-25(32)22-8-5-11-27-24(22)28-20-7-4-6-19(26)17-20/h4-11,16-17H,3,12-15H2,1-2H3,(H,27,28)(H,29,32). The van der Waals surface area contributed by atoms with Crippen molar-refractivity contribution in [2.24, 2.45) is 0 Å². The van der Waals surface area contributed by atoms with Crippen molar-refractivity contribution in [2.45, 2.75) is 13.8 Å². The number of benzene rings is 2. The van der Waals surface area contributed by atoms with E-state index in [0.717, 1.165) is 44.0 Å². The number of nitrogens with zero attached hydrogens (tertiary/aromatic N) is 3. The minimum Gasteiger partial charge on any atom is -0.369 e. The van der Waals surface area contributed by atoms with Gasteiger partial charge in [-0.3, -0.25) is 4.79 Å². The van der Waals surface area contributed by atoms with E-state index in [4.69, 9.17) is 0 Å². The first kappa shape index (κ1) is 21.8. The van der Waals surface area contributed by atoms with Gasteiger partial charge in [-0.2, -0.15) is 0 Å². The number of carbonyl (C=O) groups excluding carboxylic acids is 1. The Morgan fingerprint density at radius 1 is 1.06 bits per heavy atom. The Kier molecular flexibility index (Phi) is 6.66. The van der Waals surface area contributed by atoms with Gasteiger partial charge in [0.1, 0.15) is 11.6 Å². The van der Waals surface area contributed by atoms with Crippen LogP contribution < -0.4 is 15.5 Å². The SMILES string of the molecule is CCN1CCN(c2ccc(NC(=O)c3cccnc3Nc3cccc(F)c3)c(C)c2)CC1. The molecule has 1 saturated heterocycles. The Balaban J connectivity index is 1.47. The van der Waals surface area contributed by atoms with Crippen molar-refractivity contribution < 1.29 is 9.18 Å². The van der Waals surface area contributed by atoms with Gasteiger partial charge >= 0.3 is 0 Å². The number of halogens is 1. The number of aryl methyl sites for hydroxylation is 1. The molecule has 2 heterocycles. The third-order valence-corrected chi connectivity index (χ3v) is 5.78. The zero-order valence-electron chi connectivity index (χ0n) is 18.4. The van der Waals surface area contributed by atoms with Crippen LogP contribution in [0.2, 0.25) is 0 Å². The molecule has 7 heteroatoms. The summed E-state index contributed by atoms with van der Waals surface area (Å²) in [6.45, 7) is 9.41. The lowest BCUT2D eigenvalue weighted by atomic mass is 10.1. The van der Waals surface area contributed by atoms with Crippen LogP contribution in [0.1, 0.15) is 22.8 Å². The van der Waals surface area contributed by atoms with E-state index in [-0.39, 0.29) is 11.7 Å². The lowest BCUT2D eigenvalue weighted by Gasteiger charge is -2.35. The van der Waals surface area contributed by atoms with Gasteiger partial charge in [-0.25, -0.2) is 9.37 Å². The molecule has 1 aliphatic rings. The third kappa shape index (κ3) is 5.06. The first-order valence-electron chi connectivity index (χ1n) is 10.9. The van der Waals surface area contributed by atoms with Gasteiger partial charge in [-0.1, -0.05) is 13.0 Å². The second-order valence-corrected chi connectivity index (χ2v) is 7.91. The van der Waals surface area contributed by atoms with E-state index in [9.17, 15) is 9.18 Å². The minimum absolute atomic E-state index is 0.274. The van der Waals surface area contributed by atoms with Crippen molar-refractivity contribution in [3.05, 3.63) is 77.7 Å². The van der Waals surface area contributed by atoms with Gasteiger partial charge < -0.3 is 20.4 Å². The Hall–Kier alpha value is -3.45. The molecule has 2 aromatic carbocycles. The van der Waals surface area contributed by atoms with E-state index in [2.05, 4.69) is 44.5 Å². The van der Waals surface area contributed by atoms with Gasteiger partial charge in [0.2, 0.25) is 0 Å². The van der Waals surface area contributed by atoms with Crippen molar-refractivity contribution >= 4 is 28.8 Å². The van der Waals surface area contributed by atoms with Crippen LogP contribution in [-0.2, 0) is 0 Å². The molecule has 0 aliphatic carbocycles. The van der Waals surface area contributed by atoms with Crippen LogP contribution in [0, 0.1) is 12.7 Å². The molecular weight excluding hydrogens is 405 g/mol. The Morgan fingerprint density at radius 3 is 2.59 bits per heavy atom. The highest BCUT2D eigenvalue weighted by molar-refractivity contribution is 6.08. The fourth-order valence-corrected chi connectivity index (χ4v) is 3.89. The van der Waals surface area contributed by atoms with Crippen molar-refractivity contribution in [1.82, 2.24) is 9.88 Å². The second-order valence-electron chi connectivity index (χ2n) is 7.91. The number of nitrogens with one attached hydrogen (secondary N) is 2. The van der Waals surface area contributed by atoms with E-state index in [1.165, 1.54) is 17.8 Å². The number of piperazine rings is 1. The summed E-state index contributed by atoms with van der Waals surface area (Å²) < 4.78 is 13.5. The van der Waals surface area contributed by atoms with Crippen molar-refractivity contribution in [1.29, 1.82) is 0 Å². The summed E-state index contributed by atoms with van der Waals surface area (Å²) in [6, 6.07) is 15.6. The average Bonchev–Trinajstić information content (AvgIpc) is 2.81. The number of hydrogen-bond acceptors (Lipinski definition) is 5. The Morgan fingerprint density at radius 2 is 1.88 bits per heavy atom. The average molecular weight is 434 g/mol. The number of anilines is 4. The number of carbonyl (C=O) groups is 1. The number of likely N-dealkylation sites (N-methyl/N-ethyl adjacent to an activating group) is 1. The van der Waals surface area contributed by atoms with Crippen LogP contribution in [0.4, 0.5) is 27.3 Å². The highest BCUT2D eigenvalue weighted by Gasteiger charge is 2.18. The summed E-state index contributed by atoms with van der Waals surface area (Å²) >= 11 is 0. The molecule has 0 saturated carbocycles. The molecule has 1 amide bonds. The van der Waals surface area contributed by atoms with Crippen LogP contribution in [0.5, 0.6) is 0 Å². The summed E-state index contributed by atoms with van der Waals surface area (Å²) in [6.07, 6.45) is 1.59. The van der Waals surface area contributed by atoms with E-state index in [0.29, 0.717) is 17.1 Å². The quantitative estimate of drug-likeness (QED) is 0.592. The van der Waals surface area contributed by atoms with Crippen LogP contribution >= 0.6 is 0 Å². The number of aromatic nitrogens is 1. The summed E-state index contributed by atoms with van der Waals surface area (Å²) in [7, 11) is 0. The largest absolute Gasteiger partial charge is 0.369 e. The summed E-state index contributed by atoms with van der Waals surface area (Å²) in [5.74, 6) is -0.258. The minimum atomic E-state index is -0.358. The van der Waals surface area contributed by atoms with Crippen molar-refractivity contribution in [3.63, 3.8) is 0 Å². The highest BCUT2D eigenvalue weighted by Crippen LogP contribution is 2.25. The molecule has 0 bridgehead atoms. The molecule has 3 aromatic rings. The number of hydrogen-bond donors (Lipinski definition) is 2. The van der Waals surface area contributed by atoms with E-state index < -0.39 is 0 Å². The maximum absolute atomic E-state index is 13.5. The molecule has 0 spiro atoms. The van der Waals surface area contributed by atoms with Crippen LogP contribution in [0.3, 0.4) is 0 Å². The van der Waals surface area contributed by atoms with Crippen molar-refractivity contribution in [3.8, 4) is 0 Å². The second kappa shape index (κ2) is 9.78. The first-order chi connectivity index (χ1) is 15.5. The van der Waals surface area contributed by atoms with Crippen LogP contribution in [0.25, 0.3) is 0 Å². The van der Waals surface area contributed by atoms with Gasteiger partial charge in [0.15, 0.2) is 0 Å². The lowest BCUT2D eigenvalue weighted by Crippen LogP contribution is -2.46. The topological polar surface area (TPSA) is 60.5 Å². The fourth-order valence-electron chi connectivity index (χ4n) is 3.89. The summed E-state index contributed by atoms with van der Waals surface area (Å²) in [4.78, 5) is 22.1. The number of rotatable bonds is 6. The molecule has 0 atom stereocenters. The lowest BCUT2D eigenvalue weighted by molar-refractivity contribution is 0.102. The molecule has 1 aliphatic heterocycles. The number of amides is 1. The van der Waals surface area contributed by atoms with Gasteiger partial charge in [0.05, 0.1) is 5.56 Å². The maximum atomic E-state index is 13.5. The molecule has 6 nitrogen and oxygen atoms in total. The molecule has 1 fully saturated rings. The Bertz CT molecular complexity index is 1100. The monoisotopic (exact) mass is 433 g/mol. The zero-order valence-corrected chi connectivity index (χ0v) is 18.4. The third-order valence-electron chi connectivity index (χ3n) is 5.78. The fraction of sp³-hybridized carbons (Fsp3) is 0.280. The van der Waals surface area contributed by atoms with E-state index in [1.54, 1.807) is 30.5 Å². The molecule has 0 unspecified atom stereocenters. The molecule has 2 N–H and O–H groups in total. The number of pyridine rings is 1. The molecule has 1 aromatic heterocycles. The van der Waals surface area contributed by atoms with E-state index >= 15 is 0 Å². The highest BCUT2D eigenvalue weighted by atomic mass is 19.1. The van der Waals surface area contributed by atoms with Gasteiger partial charge in [0, 0.05) is 49.4 Å². The molecule has 32 heavy (non-hydrogen) atoms. The molecule has 0 radical (unpaired) electrons. The van der Waals surface area contributed by atoms with Gasteiger partial charge in [0.25, 0.3) is 5.91 Å². The Labute approximate surface area is 188 Å². The summed E-state index contributed by atoms with van der Waals surface area (Å²) in [5.41, 5.74) is 3.84. The molecule has 166 valence electrons. The predicted octanol–water partition coefficient (Wildman–Crippen LogP) is 4.67. The molecule has 4 rings (SSSR count). The van der Waals surface area contributed by atoms with Crippen LogP contribution in [0.15, 0.2) is 60.8 Å². The van der Waals surface area contributed by atoms with E-state index in [1.807, 2.05) is 13.0 Å². The smallest absolute Gasteiger partial charge is 0.259 e. The molecular formula is C25H28FN5O. The first-order valence-corrected chi connectivity index (χ1v) is 10.9. The van der Waals surface area contributed by atoms with Crippen molar-refractivity contribution in [2.75, 3.05) is 48.3 Å². The van der Waals surface area contributed by atoms with Gasteiger partial charge in [-0.15, -0.1) is 0 Å². The zero-order chi connectivity index (χ0) is 22.5. The van der Waals surface area contributed by atoms with Crippen LogP contribution in [-0.4, -0.2) is 48.5 Å². The maximum Gasteiger partial charge on any atom is 0.259 e. The predicted molar refractivity (Wildman–Crippen MR) is 127 cm³/mol. The normalized spacial score (nSPS) is 14.3.